The van der Waals surface area contributed by atoms with Gasteiger partial charge in [-0.3, -0.25) is 19.2 Å². The van der Waals surface area contributed by atoms with Crippen molar-refractivity contribution in [3.05, 3.63) is 12.7 Å². The first kappa shape index (κ1) is 24.4. The van der Waals surface area contributed by atoms with Crippen LogP contribution in [0.3, 0.4) is 0 Å². The number of Topliss-reactive ketones (excluding diaryl/α,β-unsaturated/α-hetero) is 1. The molecule has 0 saturated carbocycles. The number of hydrogen-bond donors (Lipinski definition) is 3. The first-order chi connectivity index (χ1) is 13.5. The first-order valence-corrected chi connectivity index (χ1v) is 9.77. The molecule has 0 bridgehead atoms. The largest absolute Gasteiger partial charge is 0.346 e. The molecule has 0 aromatic rings. The minimum Gasteiger partial charge on any atom is -0.346 e. The smallest absolute Gasteiger partial charge is 0.289 e. The van der Waals surface area contributed by atoms with E-state index in [1.54, 1.807) is 0 Å². The molecule has 0 aliphatic carbocycles. The van der Waals surface area contributed by atoms with Crippen molar-refractivity contribution in [2.75, 3.05) is 13.1 Å². The molecule has 160 valence electrons. The fourth-order valence-electron chi connectivity index (χ4n) is 3.03. The quantitative estimate of drug-likeness (QED) is 0.286. The molecule has 1 fully saturated rings. The SMILES string of the molecule is C#CCCC(NC(=O)[C@@H]1CCCN1C(=O)[C@@H](N)C(C)(C)C)C(=O)C(=O)NCC=C. The molecule has 1 rings (SSSR count). The van der Waals surface area contributed by atoms with Crippen molar-refractivity contribution in [2.24, 2.45) is 11.1 Å². The van der Waals surface area contributed by atoms with Gasteiger partial charge in [0.05, 0.1) is 12.1 Å². The topological polar surface area (TPSA) is 122 Å². The van der Waals surface area contributed by atoms with Crippen molar-refractivity contribution in [1.82, 2.24) is 15.5 Å². The van der Waals surface area contributed by atoms with Crippen LogP contribution in [0.5, 0.6) is 0 Å². The van der Waals surface area contributed by atoms with Gasteiger partial charge in [0.25, 0.3) is 5.91 Å². The average Bonchev–Trinajstić information content (AvgIpc) is 3.16. The third kappa shape index (κ3) is 6.71. The minimum absolute atomic E-state index is 0.130. The van der Waals surface area contributed by atoms with Gasteiger partial charge in [0, 0.05) is 19.5 Å². The van der Waals surface area contributed by atoms with Crippen LogP contribution in [0.4, 0.5) is 0 Å². The van der Waals surface area contributed by atoms with Crippen LogP contribution in [0.15, 0.2) is 12.7 Å². The molecule has 29 heavy (non-hydrogen) atoms. The number of likely N-dealkylation sites (tertiary alicyclic amines) is 1. The van der Waals surface area contributed by atoms with Crippen molar-refractivity contribution < 1.29 is 19.2 Å². The second kappa shape index (κ2) is 10.8. The maximum absolute atomic E-state index is 12.8. The number of nitrogens with two attached hydrogens (primary N) is 1. The standard InChI is InChI=1S/C21H32N4O4/c1-6-8-10-14(16(26)19(28)23-12-7-2)24-18(27)15-11-9-13-25(15)20(29)17(22)21(3,4)5/h1,7,14-15,17H,2,8-13,22H2,3-5H3,(H,23,28)(H,24,27)/t14?,15-,17+/m0/s1. The van der Waals surface area contributed by atoms with Gasteiger partial charge in [0.2, 0.25) is 17.6 Å². The van der Waals surface area contributed by atoms with Gasteiger partial charge in [0.1, 0.15) is 6.04 Å². The Labute approximate surface area is 172 Å². The number of carbonyl (C=O) groups is 4. The van der Waals surface area contributed by atoms with E-state index in [9.17, 15) is 19.2 Å². The van der Waals surface area contributed by atoms with Crippen LogP contribution < -0.4 is 16.4 Å². The summed E-state index contributed by atoms with van der Waals surface area (Å²) < 4.78 is 0. The lowest BCUT2D eigenvalue weighted by molar-refractivity contribution is -0.143. The van der Waals surface area contributed by atoms with E-state index < -0.39 is 41.1 Å². The maximum atomic E-state index is 12.8. The van der Waals surface area contributed by atoms with E-state index in [1.165, 1.54) is 11.0 Å². The molecule has 1 aliphatic heterocycles. The highest BCUT2D eigenvalue weighted by Crippen LogP contribution is 2.24. The number of hydrogen-bond acceptors (Lipinski definition) is 5. The van der Waals surface area contributed by atoms with Gasteiger partial charge >= 0.3 is 0 Å². The van der Waals surface area contributed by atoms with Gasteiger partial charge < -0.3 is 21.3 Å². The summed E-state index contributed by atoms with van der Waals surface area (Å²) in [7, 11) is 0. The van der Waals surface area contributed by atoms with Gasteiger partial charge in [0.15, 0.2) is 0 Å². The van der Waals surface area contributed by atoms with Crippen molar-refractivity contribution in [1.29, 1.82) is 0 Å². The Balaban J connectivity index is 2.90. The summed E-state index contributed by atoms with van der Waals surface area (Å²) in [6.07, 6.45) is 8.18. The highest BCUT2D eigenvalue weighted by molar-refractivity contribution is 6.38. The molecule has 8 nitrogen and oxygen atoms in total. The average molecular weight is 405 g/mol. The molecule has 3 amide bonds. The Hall–Kier alpha value is -2.66. The Morgan fingerprint density at radius 2 is 2.00 bits per heavy atom. The fraction of sp³-hybridized carbons (Fsp3) is 0.619. The number of nitrogens with zero attached hydrogens (tertiary/aromatic N) is 1. The van der Waals surface area contributed by atoms with Gasteiger partial charge in [-0.05, 0) is 24.7 Å². The molecule has 0 aromatic heterocycles. The summed E-state index contributed by atoms with van der Waals surface area (Å²) in [5.41, 5.74) is 5.63. The lowest BCUT2D eigenvalue weighted by Gasteiger charge is -2.33. The van der Waals surface area contributed by atoms with Crippen LogP contribution in [-0.2, 0) is 19.2 Å². The third-order valence-electron chi connectivity index (χ3n) is 4.88. The summed E-state index contributed by atoms with van der Waals surface area (Å²) in [6, 6.07) is -2.54. The monoisotopic (exact) mass is 404 g/mol. The van der Waals surface area contributed by atoms with Gasteiger partial charge in [-0.15, -0.1) is 18.9 Å². The van der Waals surface area contributed by atoms with Gasteiger partial charge in [-0.2, -0.15) is 0 Å². The second-order valence-electron chi connectivity index (χ2n) is 8.20. The van der Waals surface area contributed by atoms with Crippen LogP contribution in [0, 0.1) is 17.8 Å². The number of ketones is 1. The Morgan fingerprint density at radius 1 is 1.34 bits per heavy atom. The summed E-state index contributed by atoms with van der Waals surface area (Å²) in [6.45, 7) is 9.60. The molecule has 1 aliphatic rings. The van der Waals surface area contributed by atoms with E-state index >= 15 is 0 Å². The maximum Gasteiger partial charge on any atom is 0.289 e. The lowest BCUT2D eigenvalue weighted by atomic mass is 9.86. The summed E-state index contributed by atoms with van der Waals surface area (Å²) in [5, 5.41) is 5.01. The van der Waals surface area contributed by atoms with E-state index in [0.29, 0.717) is 19.4 Å². The van der Waals surface area contributed by atoms with Crippen LogP contribution in [0.25, 0.3) is 0 Å². The normalized spacial score (nSPS) is 18.3. The zero-order valence-electron chi connectivity index (χ0n) is 17.5. The summed E-state index contributed by atoms with van der Waals surface area (Å²) >= 11 is 0. The van der Waals surface area contributed by atoms with E-state index in [-0.39, 0.29) is 25.3 Å². The predicted molar refractivity (Wildman–Crippen MR) is 110 cm³/mol. The van der Waals surface area contributed by atoms with E-state index in [2.05, 4.69) is 23.1 Å². The van der Waals surface area contributed by atoms with Crippen molar-refractivity contribution in [3.8, 4) is 12.3 Å². The molecule has 8 heteroatoms. The number of amides is 3. The second-order valence-corrected chi connectivity index (χ2v) is 8.20. The fourth-order valence-corrected chi connectivity index (χ4v) is 3.03. The molecule has 0 radical (unpaired) electrons. The molecule has 1 saturated heterocycles. The Morgan fingerprint density at radius 3 is 2.55 bits per heavy atom. The molecule has 0 spiro atoms. The zero-order valence-corrected chi connectivity index (χ0v) is 17.5. The lowest BCUT2D eigenvalue weighted by Crippen LogP contribution is -2.57. The van der Waals surface area contributed by atoms with E-state index in [1.807, 2.05) is 20.8 Å². The minimum atomic E-state index is -1.06. The van der Waals surface area contributed by atoms with Crippen LogP contribution in [-0.4, -0.2) is 59.6 Å². The zero-order chi connectivity index (χ0) is 22.2. The summed E-state index contributed by atoms with van der Waals surface area (Å²) in [4.78, 5) is 51.5. The van der Waals surface area contributed by atoms with Crippen LogP contribution in [0.2, 0.25) is 0 Å². The number of nitrogens with one attached hydrogen (secondary N) is 2. The Kier molecular flexibility index (Phi) is 9.05. The first-order valence-electron chi connectivity index (χ1n) is 9.77. The third-order valence-corrected chi connectivity index (χ3v) is 4.88. The molecule has 3 atom stereocenters. The summed E-state index contributed by atoms with van der Waals surface area (Å²) in [5.74, 6) is 0.0228. The van der Waals surface area contributed by atoms with Crippen molar-refractivity contribution >= 4 is 23.5 Å². The number of rotatable bonds is 9. The molecular formula is C21H32N4O4. The molecular weight excluding hydrogens is 372 g/mol. The van der Waals surface area contributed by atoms with Crippen LogP contribution >= 0.6 is 0 Å². The number of carbonyl (C=O) groups excluding carboxylic acids is 4. The van der Waals surface area contributed by atoms with E-state index in [0.717, 1.165) is 0 Å². The molecule has 4 N–H and O–H groups in total. The van der Waals surface area contributed by atoms with Gasteiger partial charge in [-0.1, -0.05) is 26.8 Å². The highest BCUT2D eigenvalue weighted by Gasteiger charge is 2.40. The van der Waals surface area contributed by atoms with Crippen molar-refractivity contribution in [2.45, 2.75) is 64.6 Å². The predicted octanol–water partition coefficient (Wildman–Crippen LogP) is 0.120. The Bertz CT molecular complexity index is 690. The molecule has 1 unspecified atom stereocenters. The van der Waals surface area contributed by atoms with Gasteiger partial charge in [-0.25, -0.2) is 0 Å². The highest BCUT2D eigenvalue weighted by atomic mass is 16.2. The van der Waals surface area contributed by atoms with Crippen molar-refractivity contribution in [3.63, 3.8) is 0 Å². The van der Waals surface area contributed by atoms with Crippen LogP contribution in [0.1, 0.15) is 46.5 Å². The molecule has 1 heterocycles. The van der Waals surface area contributed by atoms with E-state index in [4.69, 9.17) is 12.2 Å². The molecule has 0 aromatic carbocycles. The number of terminal acetylenes is 1.